The van der Waals surface area contributed by atoms with Crippen molar-refractivity contribution in [2.75, 3.05) is 26.6 Å². The van der Waals surface area contributed by atoms with Crippen molar-refractivity contribution in [1.82, 2.24) is 9.97 Å². The number of nitrogens with zero attached hydrogens (tertiary/aromatic N) is 2. The molecule has 0 bridgehead atoms. The van der Waals surface area contributed by atoms with Crippen LogP contribution in [0.2, 0.25) is 0 Å². The number of carbonyl (C=O) groups is 1. The van der Waals surface area contributed by atoms with Gasteiger partial charge in [0, 0.05) is 12.0 Å². The molecule has 0 atom stereocenters. The fraction of sp³-hybridized carbons (Fsp3) is 0.350. The molecule has 7 nitrogen and oxygen atoms in total. The number of methoxy groups -OCH3 is 3. The molecule has 8 heteroatoms. The molecule has 3 aromatic rings. The van der Waals surface area contributed by atoms with Crippen LogP contribution in [0.1, 0.15) is 35.9 Å². The Morgan fingerprint density at radius 1 is 1.11 bits per heavy atom. The van der Waals surface area contributed by atoms with Gasteiger partial charge >= 0.3 is 0 Å². The van der Waals surface area contributed by atoms with E-state index in [9.17, 15) is 4.79 Å². The highest BCUT2D eigenvalue weighted by Gasteiger charge is 2.19. The van der Waals surface area contributed by atoms with Crippen LogP contribution in [-0.4, -0.2) is 37.2 Å². The number of hydrogen-bond acceptors (Lipinski definition) is 7. The Morgan fingerprint density at radius 3 is 2.43 bits per heavy atom. The van der Waals surface area contributed by atoms with Gasteiger partial charge in [0.2, 0.25) is 5.75 Å². The second kappa shape index (κ2) is 8.88. The van der Waals surface area contributed by atoms with Crippen LogP contribution in [-0.2, 0) is 6.42 Å². The molecule has 1 amide bonds. The second-order valence-corrected chi connectivity index (χ2v) is 7.01. The van der Waals surface area contributed by atoms with Gasteiger partial charge in [0.25, 0.3) is 5.91 Å². The van der Waals surface area contributed by atoms with Gasteiger partial charge in [0.1, 0.15) is 5.82 Å². The minimum absolute atomic E-state index is 0.311. The number of hydrogen-bond donors (Lipinski definition) is 1. The fourth-order valence-corrected chi connectivity index (χ4v) is 3.61. The number of carbonyl (C=O) groups excluding carboxylic acids is 1. The lowest BCUT2D eigenvalue weighted by atomic mass is 10.1. The molecule has 1 aromatic carbocycles. The Kier molecular flexibility index (Phi) is 6.30. The van der Waals surface area contributed by atoms with Gasteiger partial charge in [0.15, 0.2) is 17.3 Å². The molecule has 2 aromatic heterocycles. The highest BCUT2D eigenvalue weighted by Crippen LogP contribution is 2.38. The monoisotopic (exact) mass is 401 g/mol. The fourth-order valence-electron chi connectivity index (χ4n) is 2.83. The molecule has 0 saturated heterocycles. The summed E-state index contributed by atoms with van der Waals surface area (Å²) < 4.78 is 16.8. The topological polar surface area (TPSA) is 82.6 Å². The molecule has 1 N–H and O–H groups in total. The number of nitrogens with one attached hydrogen (secondary N) is 1. The maximum absolute atomic E-state index is 12.9. The average Bonchev–Trinajstić information content (AvgIpc) is 3.19. The normalized spacial score (nSPS) is 10.7. The Morgan fingerprint density at radius 2 is 1.82 bits per heavy atom. The molecule has 0 saturated carbocycles. The van der Waals surface area contributed by atoms with Gasteiger partial charge in [-0.3, -0.25) is 4.79 Å². The summed E-state index contributed by atoms with van der Waals surface area (Å²) in [6.07, 6.45) is 2.82. The lowest BCUT2D eigenvalue weighted by Crippen LogP contribution is -2.15. The van der Waals surface area contributed by atoms with E-state index < -0.39 is 0 Å². The van der Waals surface area contributed by atoms with Gasteiger partial charge in [-0.25, -0.2) is 9.97 Å². The summed E-state index contributed by atoms with van der Waals surface area (Å²) in [5.41, 5.74) is 1.22. The van der Waals surface area contributed by atoms with Crippen LogP contribution < -0.4 is 19.5 Å². The number of thiophene rings is 1. The largest absolute Gasteiger partial charge is 0.493 e. The van der Waals surface area contributed by atoms with Crippen LogP contribution in [0.5, 0.6) is 17.2 Å². The second-order valence-electron chi connectivity index (χ2n) is 6.10. The molecule has 0 aliphatic carbocycles. The van der Waals surface area contributed by atoms with Gasteiger partial charge in [-0.1, -0.05) is 13.3 Å². The summed E-state index contributed by atoms with van der Waals surface area (Å²) in [6.45, 7) is 2.12. The first-order valence-corrected chi connectivity index (χ1v) is 9.84. The van der Waals surface area contributed by atoms with Crippen molar-refractivity contribution >= 4 is 33.3 Å². The third kappa shape index (κ3) is 4.01. The van der Waals surface area contributed by atoms with Gasteiger partial charge in [-0.05, 0) is 30.0 Å². The van der Waals surface area contributed by atoms with E-state index in [-0.39, 0.29) is 5.91 Å². The number of amides is 1. The van der Waals surface area contributed by atoms with Crippen molar-refractivity contribution in [1.29, 1.82) is 0 Å². The van der Waals surface area contributed by atoms with E-state index in [0.29, 0.717) is 28.6 Å². The third-order valence-corrected chi connectivity index (χ3v) is 5.17. The molecular formula is C20H23N3O4S. The van der Waals surface area contributed by atoms with E-state index in [0.717, 1.165) is 35.3 Å². The lowest BCUT2D eigenvalue weighted by Gasteiger charge is -2.14. The summed E-state index contributed by atoms with van der Waals surface area (Å²) in [6, 6.07) is 5.16. The Labute approximate surface area is 167 Å². The smallest absolute Gasteiger partial charge is 0.257 e. The van der Waals surface area contributed by atoms with E-state index in [1.165, 1.54) is 32.7 Å². The van der Waals surface area contributed by atoms with Crippen molar-refractivity contribution in [2.45, 2.75) is 26.2 Å². The zero-order valence-electron chi connectivity index (χ0n) is 16.4. The maximum Gasteiger partial charge on any atom is 0.257 e. The van der Waals surface area contributed by atoms with Crippen molar-refractivity contribution in [3.8, 4) is 17.2 Å². The SMILES string of the molecule is CCCCc1nc(NC(=O)c2cc(OC)c(OC)c(OC)c2)c2sccc2n1. The number of ether oxygens (including phenoxy) is 3. The van der Waals surface area contributed by atoms with Crippen LogP contribution in [0.3, 0.4) is 0 Å². The van der Waals surface area contributed by atoms with Crippen LogP contribution in [0.25, 0.3) is 10.2 Å². The highest BCUT2D eigenvalue weighted by atomic mass is 32.1. The van der Waals surface area contributed by atoms with Gasteiger partial charge in [-0.15, -0.1) is 11.3 Å². The minimum atomic E-state index is -0.311. The standard InChI is InChI=1S/C20H23N3O4S/c1-5-6-7-16-21-13-8-9-28-18(13)19(22-16)23-20(24)12-10-14(25-2)17(27-4)15(11-12)26-3/h8-11H,5-7H2,1-4H3,(H,21,22,23,24). The third-order valence-electron chi connectivity index (χ3n) is 4.26. The quantitative estimate of drug-likeness (QED) is 0.606. The Hall–Kier alpha value is -2.87. The molecule has 2 heterocycles. The van der Waals surface area contributed by atoms with Gasteiger partial charge in [0.05, 0.1) is 31.5 Å². The summed E-state index contributed by atoms with van der Waals surface area (Å²) >= 11 is 1.50. The average molecular weight is 401 g/mol. The van der Waals surface area contributed by atoms with Gasteiger partial charge < -0.3 is 19.5 Å². The molecule has 0 spiro atoms. The summed E-state index contributed by atoms with van der Waals surface area (Å²) in [5.74, 6) is 2.21. The summed E-state index contributed by atoms with van der Waals surface area (Å²) in [5, 5.41) is 4.86. The van der Waals surface area contributed by atoms with E-state index in [2.05, 4.69) is 22.2 Å². The molecule has 0 aliphatic heterocycles. The lowest BCUT2D eigenvalue weighted by molar-refractivity contribution is 0.102. The van der Waals surface area contributed by atoms with Crippen molar-refractivity contribution in [2.24, 2.45) is 0 Å². The first-order chi connectivity index (χ1) is 13.6. The summed E-state index contributed by atoms with van der Waals surface area (Å²) in [7, 11) is 4.55. The van der Waals surface area contributed by atoms with Crippen LogP contribution >= 0.6 is 11.3 Å². The molecule has 148 valence electrons. The molecule has 0 aliphatic rings. The van der Waals surface area contributed by atoms with Crippen LogP contribution in [0, 0.1) is 0 Å². The van der Waals surface area contributed by atoms with Crippen molar-refractivity contribution in [3.63, 3.8) is 0 Å². The van der Waals surface area contributed by atoms with E-state index >= 15 is 0 Å². The molecule has 28 heavy (non-hydrogen) atoms. The highest BCUT2D eigenvalue weighted by molar-refractivity contribution is 7.17. The predicted molar refractivity (Wildman–Crippen MR) is 110 cm³/mol. The zero-order valence-corrected chi connectivity index (χ0v) is 17.2. The Bertz CT molecular complexity index is 962. The van der Waals surface area contributed by atoms with Gasteiger partial charge in [-0.2, -0.15) is 0 Å². The first kappa shape index (κ1) is 19.9. The molecule has 3 rings (SSSR count). The minimum Gasteiger partial charge on any atom is -0.493 e. The number of aryl methyl sites for hydroxylation is 1. The first-order valence-electron chi connectivity index (χ1n) is 8.96. The number of anilines is 1. The Balaban J connectivity index is 1.96. The van der Waals surface area contributed by atoms with E-state index in [1.54, 1.807) is 12.1 Å². The van der Waals surface area contributed by atoms with Crippen LogP contribution in [0.4, 0.5) is 5.82 Å². The van der Waals surface area contributed by atoms with E-state index in [4.69, 9.17) is 14.2 Å². The molecular weight excluding hydrogens is 378 g/mol. The van der Waals surface area contributed by atoms with Crippen molar-refractivity contribution in [3.05, 3.63) is 35.0 Å². The van der Waals surface area contributed by atoms with Crippen molar-refractivity contribution < 1.29 is 19.0 Å². The van der Waals surface area contributed by atoms with Crippen LogP contribution in [0.15, 0.2) is 23.6 Å². The number of unbranched alkanes of at least 4 members (excludes halogenated alkanes) is 1. The number of fused-ring (bicyclic) bond motifs is 1. The predicted octanol–water partition coefficient (Wildman–Crippen LogP) is 4.31. The number of aromatic nitrogens is 2. The molecule has 0 fully saturated rings. The maximum atomic E-state index is 12.9. The number of benzene rings is 1. The molecule has 0 unspecified atom stereocenters. The zero-order chi connectivity index (χ0) is 20.1. The van der Waals surface area contributed by atoms with E-state index in [1.807, 2.05) is 11.4 Å². The summed E-state index contributed by atoms with van der Waals surface area (Å²) in [4.78, 5) is 22.1. The molecule has 0 radical (unpaired) electrons. The number of rotatable bonds is 8.